The molecular weight excluding hydrogens is 305 g/mol. The fourth-order valence-corrected chi connectivity index (χ4v) is 2.11. The Balaban J connectivity index is 2.06. The van der Waals surface area contributed by atoms with E-state index in [0.717, 1.165) is 11.0 Å². The van der Waals surface area contributed by atoms with Gasteiger partial charge in [-0.25, -0.2) is 14.1 Å². The smallest absolute Gasteiger partial charge is 0.322 e. The van der Waals surface area contributed by atoms with Crippen LogP contribution in [0.15, 0.2) is 24.3 Å². The number of carbonyl (C=O) groups excluding carboxylic acids is 4. The molecule has 5 amide bonds. The van der Waals surface area contributed by atoms with Crippen molar-refractivity contribution in [1.29, 1.82) is 0 Å². The summed E-state index contributed by atoms with van der Waals surface area (Å²) in [6, 6.07) is 4.66. The van der Waals surface area contributed by atoms with E-state index in [1.54, 1.807) is 13.8 Å². The Labute approximate surface area is 132 Å². The van der Waals surface area contributed by atoms with E-state index in [0.29, 0.717) is 4.90 Å². The van der Waals surface area contributed by atoms with Gasteiger partial charge in [0.25, 0.3) is 0 Å². The molecule has 1 aliphatic heterocycles. The normalized spacial score (nSPS) is 14.9. The van der Waals surface area contributed by atoms with E-state index < -0.39 is 36.1 Å². The molecule has 2 rings (SSSR count). The first-order chi connectivity index (χ1) is 10.8. The van der Waals surface area contributed by atoms with Crippen molar-refractivity contribution >= 4 is 29.4 Å². The Bertz CT molecular complexity index is 674. The maximum Gasteiger partial charge on any atom is 0.334 e. The van der Waals surface area contributed by atoms with Crippen LogP contribution in [-0.2, 0) is 14.4 Å². The van der Waals surface area contributed by atoms with Gasteiger partial charge in [-0.15, -0.1) is 0 Å². The molecule has 23 heavy (non-hydrogen) atoms. The van der Waals surface area contributed by atoms with Gasteiger partial charge in [0.1, 0.15) is 12.4 Å². The minimum Gasteiger partial charge on any atom is -0.322 e. The van der Waals surface area contributed by atoms with Crippen LogP contribution in [0.3, 0.4) is 0 Å². The number of rotatable bonds is 5. The van der Waals surface area contributed by atoms with Crippen LogP contribution in [0.5, 0.6) is 0 Å². The van der Waals surface area contributed by atoms with Gasteiger partial charge in [-0.05, 0) is 18.1 Å². The van der Waals surface area contributed by atoms with Gasteiger partial charge in [0.2, 0.25) is 5.91 Å². The number of carbonyl (C=O) groups is 4. The van der Waals surface area contributed by atoms with Crippen molar-refractivity contribution in [2.75, 3.05) is 18.4 Å². The standard InChI is InChI=1S/C15H16FN3O4/c1-9(2)7-18-13(21)14(22)19(15(18)23)8-12(20)17-11-6-4-3-5-10(11)16/h3-6,9H,7-8H2,1-2H3,(H,17,20). The molecule has 1 heterocycles. The predicted molar refractivity (Wildman–Crippen MR) is 78.7 cm³/mol. The third-order valence-electron chi connectivity index (χ3n) is 3.13. The Morgan fingerprint density at radius 3 is 2.35 bits per heavy atom. The Morgan fingerprint density at radius 1 is 1.13 bits per heavy atom. The van der Waals surface area contributed by atoms with E-state index >= 15 is 0 Å². The summed E-state index contributed by atoms with van der Waals surface area (Å²) in [5, 5.41) is 2.26. The average molecular weight is 321 g/mol. The number of urea groups is 1. The quantitative estimate of drug-likeness (QED) is 0.652. The molecule has 0 bridgehead atoms. The highest BCUT2D eigenvalue weighted by Crippen LogP contribution is 2.16. The van der Waals surface area contributed by atoms with E-state index in [9.17, 15) is 23.6 Å². The summed E-state index contributed by atoms with van der Waals surface area (Å²) in [5.74, 6) is -3.43. The predicted octanol–water partition coefficient (Wildman–Crippen LogP) is 1.21. The fraction of sp³-hybridized carbons (Fsp3) is 0.333. The first-order valence-corrected chi connectivity index (χ1v) is 7.03. The number of hydrogen-bond acceptors (Lipinski definition) is 4. The van der Waals surface area contributed by atoms with E-state index in [1.807, 2.05) is 0 Å². The van der Waals surface area contributed by atoms with E-state index in [4.69, 9.17) is 0 Å². The Morgan fingerprint density at radius 2 is 1.74 bits per heavy atom. The monoisotopic (exact) mass is 321 g/mol. The lowest BCUT2D eigenvalue weighted by molar-refractivity contribution is -0.143. The third-order valence-corrected chi connectivity index (χ3v) is 3.13. The molecule has 1 N–H and O–H groups in total. The molecule has 0 spiro atoms. The van der Waals surface area contributed by atoms with Crippen LogP contribution < -0.4 is 5.32 Å². The summed E-state index contributed by atoms with van der Waals surface area (Å²) in [6.45, 7) is 3.03. The number of amides is 5. The molecule has 1 aromatic rings. The van der Waals surface area contributed by atoms with Crippen LogP contribution in [0, 0.1) is 11.7 Å². The van der Waals surface area contributed by atoms with Crippen LogP contribution in [0.2, 0.25) is 0 Å². The summed E-state index contributed by atoms with van der Waals surface area (Å²) >= 11 is 0. The van der Waals surface area contributed by atoms with Gasteiger partial charge in [0.15, 0.2) is 0 Å². The van der Waals surface area contributed by atoms with Crippen molar-refractivity contribution in [3.8, 4) is 0 Å². The first kappa shape index (κ1) is 16.6. The number of nitrogens with one attached hydrogen (secondary N) is 1. The number of hydrogen-bond donors (Lipinski definition) is 1. The number of halogens is 1. The van der Waals surface area contributed by atoms with E-state index in [2.05, 4.69) is 5.32 Å². The van der Waals surface area contributed by atoms with Gasteiger partial charge in [-0.2, -0.15) is 0 Å². The van der Waals surface area contributed by atoms with Crippen molar-refractivity contribution in [3.05, 3.63) is 30.1 Å². The Hall–Kier alpha value is -2.77. The second-order valence-electron chi connectivity index (χ2n) is 5.51. The SMILES string of the molecule is CC(C)CN1C(=O)C(=O)N(CC(=O)Nc2ccccc2F)C1=O. The summed E-state index contributed by atoms with van der Waals surface area (Å²) in [4.78, 5) is 48.9. The molecular formula is C15H16FN3O4. The first-order valence-electron chi connectivity index (χ1n) is 7.03. The molecule has 1 aliphatic rings. The van der Waals surface area contributed by atoms with Gasteiger partial charge in [-0.1, -0.05) is 26.0 Å². The zero-order valence-corrected chi connectivity index (χ0v) is 12.7. The third kappa shape index (κ3) is 3.53. The number of benzene rings is 1. The number of para-hydroxylation sites is 1. The zero-order chi connectivity index (χ0) is 17.1. The lowest BCUT2D eigenvalue weighted by atomic mass is 10.2. The minimum absolute atomic E-state index is 0.0112. The molecule has 0 unspecified atom stereocenters. The highest BCUT2D eigenvalue weighted by atomic mass is 19.1. The highest BCUT2D eigenvalue weighted by molar-refractivity contribution is 6.45. The summed E-state index contributed by atoms with van der Waals surface area (Å²) in [7, 11) is 0. The van der Waals surface area contributed by atoms with Crippen LogP contribution in [-0.4, -0.2) is 46.6 Å². The minimum atomic E-state index is -1.06. The maximum absolute atomic E-state index is 13.5. The molecule has 0 radical (unpaired) electrons. The molecule has 122 valence electrons. The summed E-state index contributed by atoms with van der Waals surface area (Å²) in [6.07, 6.45) is 0. The molecule has 0 aromatic heterocycles. The van der Waals surface area contributed by atoms with Crippen molar-refractivity contribution in [1.82, 2.24) is 9.80 Å². The van der Waals surface area contributed by atoms with E-state index in [-0.39, 0.29) is 18.2 Å². The molecule has 1 aromatic carbocycles. The molecule has 0 saturated carbocycles. The largest absolute Gasteiger partial charge is 0.334 e. The van der Waals surface area contributed by atoms with Crippen molar-refractivity contribution < 1.29 is 23.6 Å². The summed E-state index contributed by atoms with van der Waals surface area (Å²) in [5.41, 5.74) is -0.0676. The maximum atomic E-state index is 13.5. The van der Waals surface area contributed by atoms with Crippen LogP contribution in [0.1, 0.15) is 13.8 Å². The molecule has 7 nitrogen and oxygen atoms in total. The molecule has 1 fully saturated rings. The highest BCUT2D eigenvalue weighted by Gasteiger charge is 2.45. The Kier molecular flexibility index (Phi) is 4.73. The van der Waals surface area contributed by atoms with E-state index in [1.165, 1.54) is 18.2 Å². The summed E-state index contributed by atoms with van der Waals surface area (Å²) < 4.78 is 13.5. The van der Waals surface area contributed by atoms with Gasteiger partial charge in [-0.3, -0.25) is 19.3 Å². The van der Waals surface area contributed by atoms with Crippen LogP contribution in [0.4, 0.5) is 14.9 Å². The van der Waals surface area contributed by atoms with Crippen LogP contribution in [0.25, 0.3) is 0 Å². The average Bonchev–Trinajstić information content (AvgIpc) is 2.67. The molecule has 1 saturated heterocycles. The van der Waals surface area contributed by atoms with Gasteiger partial charge in [0, 0.05) is 6.54 Å². The van der Waals surface area contributed by atoms with Gasteiger partial charge >= 0.3 is 17.8 Å². The topological polar surface area (TPSA) is 86.8 Å². The second kappa shape index (κ2) is 6.55. The van der Waals surface area contributed by atoms with Crippen molar-refractivity contribution in [2.45, 2.75) is 13.8 Å². The molecule has 0 aliphatic carbocycles. The van der Waals surface area contributed by atoms with Gasteiger partial charge in [0.05, 0.1) is 5.69 Å². The molecule has 0 atom stereocenters. The fourth-order valence-electron chi connectivity index (χ4n) is 2.11. The van der Waals surface area contributed by atoms with Gasteiger partial charge < -0.3 is 5.32 Å². The van der Waals surface area contributed by atoms with Crippen LogP contribution >= 0.6 is 0 Å². The molecule has 8 heteroatoms. The van der Waals surface area contributed by atoms with Crippen molar-refractivity contribution in [2.24, 2.45) is 5.92 Å². The number of imide groups is 2. The number of nitrogens with zero attached hydrogens (tertiary/aromatic N) is 2. The second-order valence-corrected chi connectivity index (χ2v) is 5.51. The number of anilines is 1. The van der Waals surface area contributed by atoms with Crippen molar-refractivity contribution in [3.63, 3.8) is 0 Å². The zero-order valence-electron chi connectivity index (χ0n) is 12.7. The lowest BCUT2D eigenvalue weighted by Gasteiger charge is -2.16. The lowest BCUT2D eigenvalue weighted by Crippen LogP contribution is -2.39.